The molecule has 4 rings (SSSR count). The molecule has 0 bridgehead atoms. The molecule has 2 aromatic carbocycles. The summed E-state index contributed by atoms with van der Waals surface area (Å²) in [5, 5.41) is 0.577. The molecule has 2 aliphatic rings. The Morgan fingerprint density at radius 2 is 1.61 bits per heavy atom. The zero-order valence-corrected chi connectivity index (χ0v) is 18.2. The van der Waals surface area contributed by atoms with E-state index in [2.05, 4.69) is 4.90 Å². The largest absolute Gasteiger partial charge is 0.368 e. The Balaban J connectivity index is 1.30. The lowest BCUT2D eigenvalue weighted by Crippen LogP contribution is -2.51. The fourth-order valence-corrected chi connectivity index (χ4v) is 4.18. The smallest absolute Gasteiger partial charge is 0.325 e. The van der Waals surface area contributed by atoms with Crippen LogP contribution in [-0.4, -0.2) is 73.3 Å². The summed E-state index contributed by atoms with van der Waals surface area (Å²) in [6, 6.07) is 14.6. The average molecular weight is 441 g/mol. The molecule has 162 valence electrons. The monoisotopic (exact) mass is 440 g/mol. The Bertz CT molecular complexity index is 987. The minimum absolute atomic E-state index is 0.0344. The second kappa shape index (κ2) is 8.98. The number of rotatable bonds is 5. The highest BCUT2D eigenvalue weighted by Gasteiger charge is 2.32. The number of Topliss-reactive ketones (excluding diaryl/α,β-unsaturated/α-hetero) is 1. The molecule has 0 radical (unpaired) electrons. The maximum Gasteiger partial charge on any atom is 0.325 e. The van der Waals surface area contributed by atoms with Gasteiger partial charge in [-0.3, -0.25) is 14.5 Å². The molecule has 0 unspecified atom stereocenters. The molecule has 2 saturated heterocycles. The molecular formula is C23H25ClN4O3. The van der Waals surface area contributed by atoms with E-state index in [1.54, 1.807) is 28.9 Å². The molecule has 2 aliphatic heterocycles. The molecule has 8 heteroatoms. The maximum atomic E-state index is 12.8. The maximum absolute atomic E-state index is 12.8. The molecule has 0 saturated carbocycles. The van der Waals surface area contributed by atoms with Crippen molar-refractivity contribution in [2.45, 2.75) is 6.92 Å². The highest BCUT2D eigenvalue weighted by molar-refractivity contribution is 6.30. The normalized spacial score (nSPS) is 16.8. The van der Waals surface area contributed by atoms with Gasteiger partial charge in [0, 0.05) is 61.2 Å². The summed E-state index contributed by atoms with van der Waals surface area (Å²) < 4.78 is 0. The molecule has 2 aromatic rings. The van der Waals surface area contributed by atoms with Crippen molar-refractivity contribution in [2.75, 3.05) is 55.6 Å². The number of benzene rings is 2. The van der Waals surface area contributed by atoms with Crippen LogP contribution in [0.4, 0.5) is 16.2 Å². The number of anilines is 2. The number of nitrogens with zero attached hydrogens (tertiary/aromatic N) is 4. The van der Waals surface area contributed by atoms with Crippen molar-refractivity contribution in [3.8, 4) is 0 Å². The van der Waals surface area contributed by atoms with Crippen molar-refractivity contribution in [1.82, 2.24) is 9.80 Å². The van der Waals surface area contributed by atoms with Crippen LogP contribution in [0.15, 0.2) is 48.5 Å². The highest BCUT2D eigenvalue weighted by Crippen LogP contribution is 2.24. The summed E-state index contributed by atoms with van der Waals surface area (Å²) in [4.78, 5) is 44.3. The molecule has 2 heterocycles. The predicted octanol–water partition coefficient (Wildman–Crippen LogP) is 3.13. The summed E-state index contributed by atoms with van der Waals surface area (Å²) >= 11 is 6.04. The quantitative estimate of drug-likeness (QED) is 0.670. The molecule has 2 fully saturated rings. The third-order valence-electron chi connectivity index (χ3n) is 5.81. The van der Waals surface area contributed by atoms with Crippen LogP contribution in [0.5, 0.6) is 0 Å². The fourth-order valence-electron chi connectivity index (χ4n) is 4.00. The van der Waals surface area contributed by atoms with Crippen LogP contribution in [0.1, 0.15) is 17.3 Å². The van der Waals surface area contributed by atoms with Gasteiger partial charge in [0.2, 0.25) is 5.91 Å². The topological polar surface area (TPSA) is 64.2 Å². The van der Waals surface area contributed by atoms with E-state index < -0.39 is 0 Å². The first-order valence-electron chi connectivity index (χ1n) is 10.4. The standard InChI is InChI=1S/C23H25ClN4O3/c1-17(29)18-5-7-20(8-6-18)25-9-11-26(12-10-25)22(30)16-27-13-14-28(23(27)31)21-4-2-3-19(24)15-21/h2-8,15H,9-14,16H2,1H3. The van der Waals surface area contributed by atoms with Crippen LogP contribution in [0, 0.1) is 0 Å². The molecule has 31 heavy (non-hydrogen) atoms. The fraction of sp³-hybridized carbons (Fsp3) is 0.348. The van der Waals surface area contributed by atoms with E-state index in [4.69, 9.17) is 11.6 Å². The van der Waals surface area contributed by atoms with Gasteiger partial charge < -0.3 is 14.7 Å². The van der Waals surface area contributed by atoms with Gasteiger partial charge >= 0.3 is 6.03 Å². The molecule has 7 nitrogen and oxygen atoms in total. The first-order chi connectivity index (χ1) is 14.9. The Labute approximate surface area is 186 Å². The van der Waals surface area contributed by atoms with Gasteiger partial charge in [-0.15, -0.1) is 0 Å². The van der Waals surface area contributed by atoms with E-state index in [1.165, 1.54) is 0 Å². The summed E-state index contributed by atoms with van der Waals surface area (Å²) in [5.74, 6) is 0.0141. The van der Waals surface area contributed by atoms with Crippen LogP contribution >= 0.6 is 11.6 Å². The van der Waals surface area contributed by atoms with Crippen molar-refractivity contribution in [2.24, 2.45) is 0 Å². The average Bonchev–Trinajstić information content (AvgIpc) is 3.14. The minimum atomic E-state index is -0.167. The summed E-state index contributed by atoms with van der Waals surface area (Å²) in [7, 11) is 0. The highest BCUT2D eigenvalue weighted by atomic mass is 35.5. The van der Waals surface area contributed by atoms with Crippen LogP contribution in [0.25, 0.3) is 0 Å². The number of ketones is 1. The molecule has 0 aliphatic carbocycles. The Morgan fingerprint density at radius 3 is 2.26 bits per heavy atom. The van der Waals surface area contributed by atoms with Gasteiger partial charge in [-0.1, -0.05) is 17.7 Å². The van der Waals surface area contributed by atoms with Gasteiger partial charge in [0.1, 0.15) is 6.54 Å². The molecular weight excluding hydrogens is 416 g/mol. The SMILES string of the molecule is CC(=O)c1ccc(N2CCN(C(=O)CN3CCN(c4cccc(Cl)c4)C3=O)CC2)cc1. The second-order valence-electron chi connectivity index (χ2n) is 7.81. The van der Waals surface area contributed by atoms with Crippen molar-refractivity contribution in [3.63, 3.8) is 0 Å². The number of hydrogen-bond acceptors (Lipinski definition) is 4. The van der Waals surface area contributed by atoms with Gasteiger partial charge in [0.05, 0.1) is 0 Å². The third-order valence-corrected chi connectivity index (χ3v) is 6.05. The van der Waals surface area contributed by atoms with Crippen LogP contribution in [0.2, 0.25) is 5.02 Å². The van der Waals surface area contributed by atoms with E-state index in [1.807, 2.05) is 41.3 Å². The second-order valence-corrected chi connectivity index (χ2v) is 8.24. The van der Waals surface area contributed by atoms with Crippen LogP contribution in [0.3, 0.4) is 0 Å². The van der Waals surface area contributed by atoms with E-state index in [0.29, 0.717) is 49.9 Å². The zero-order chi connectivity index (χ0) is 22.0. The van der Waals surface area contributed by atoms with Crippen molar-refractivity contribution in [3.05, 3.63) is 59.1 Å². The molecule has 3 amide bonds. The Morgan fingerprint density at radius 1 is 0.903 bits per heavy atom. The third kappa shape index (κ3) is 4.66. The summed E-state index contributed by atoms with van der Waals surface area (Å²) in [6.07, 6.45) is 0. The lowest BCUT2D eigenvalue weighted by Gasteiger charge is -2.36. The number of carbonyl (C=O) groups excluding carboxylic acids is 3. The number of halogens is 1. The molecule has 0 aromatic heterocycles. The van der Waals surface area contributed by atoms with E-state index in [-0.39, 0.29) is 24.3 Å². The lowest BCUT2D eigenvalue weighted by atomic mass is 10.1. The summed E-state index contributed by atoms with van der Waals surface area (Å²) in [6.45, 7) is 5.33. The van der Waals surface area contributed by atoms with Crippen LogP contribution < -0.4 is 9.80 Å². The minimum Gasteiger partial charge on any atom is -0.368 e. The van der Waals surface area contributed by atoms with Crippen LogP contribution in [-0.2, 0) is 4.79 Å². The molecule has 0 atom stereocenters. The van der Waals surface area contributed by atoms with Crippen molar-refractivity contribution >= 4 is 40.7 Å². The number of carbonyl (C=O) groups is 3. The molecule has 0 N–H and O–H groups in total. The Kier molecular flexibility index (Phi) is 6.13. The lowest BCUT2D eigenvalue weighted by molar-refractivity contribution is -0.131. The first kappa shape index (κ1) is 21.2. The van der Waals surface area contributed by atoms with Gasteiger partial charge in [0.25, 0.3) is 0 Å². The Hall–Kier alpha value is -3.06. The van der Waals surface area contributed by atoms with E-state index >= 15 is 0 Å². The molecule has 0 spiro atoms. The van der Waals surface area contributed by atoms with Crippen molar-refractivity contribution in [1.29, 1.82) is 0 Å². The van der Waals surface area contributed by atoms with Gasteiger partial charge in [-0.05, 0) is 49.4 Å². The number of amides is 3. The van der Waals surface area contributed by atoms with Gasteiger partial charge in [-0.2, -0.15) is 0 Å². The number of hydrogen-bond donors (Lipinski definition) is 0. The van der Waals surface area contributed by atoms with Gasteiger partial charge in [-0.25, -0.2) is 4.79 Å². The van der Waals surface area contributed by atoms with Gasteiger partial charge in [0.15, 0.2) is 5.78 Å². The number of piperazine rings is 1. The van der Waals surface area contributed by atoms with Crippen molar-refractivity contribution < 1.29 is 14.4 Å². The number of urea groups is 1. The zero-order valence-electron chi connectivity index (χ0n) is 17.5. The first-order valence-corrected chi connectivity index (χ1v) is 10.8. The summed E-state index contributed by atoms with van der Waals surface area (Å²) in [5.41, 5.74) is 2.49. The van der Waals surface area contributed by atoms with E-state index in [9.17, 15) is 14.4 Å². The predicted molar refractivity (Wildman–Crippen MR) is 121 cm³/mol. The van der Waals surface area contributed by atoms with E-state index in [0.717, 1.165) is 11.4 Å².